The normalized spacial score (nSPS) is 14.1. The number of hydrogen-bond donors (Lipinski definition) is 0. The lowest BCUT2D eigenvalue weighted by atomic mass is 10.0. The Balaban J connectivity index is 1.53. The van der Waals surface area contributed by atoms with Crippen molar-refractivity contribution in [3.05, 3.63) is 54.4 Å². The van der Waals surface area contributed by atoms with Gasteiger partial charge in [0.15, 0.2) is 5.65 Å². The zero-order chi connectivity index (χ0) is 20.2. The van der Waals surface area contributed by atoms with Crippen LogP contribution in [0.5, 0.6) is 0 Å². The van der Waals surface area contributed by atoms with Crippen LogP contribution < -0.4 is 0 Å². The van der Waals surface area contributed by atoms with Crippen molar-refractivity contribution in [3.8, 4) is 5.69 Å². The molecule has 1 amide bonds. The van der Waals surface area contributed by atoms with Crippen molar-refractivity contribution in [2.45, 2.75) is 37.6 Å². The molecule has 0 atom stereocenters. The molecule has 0 fully saturated rings. The number of thioether (sulfide) groups is 1. The smallest absolute Gasteiger partial charge is 0.237 e. The number of halogens is 1. The lowest BCUT2D eigenvalue weighted by molar-refractivity contribution is -0.126. The second kappa shape index (κ2) is 8.73. The fraction of sp³-hybridized carbons (Fsp3) is 0.333. The quantitative estimate of drug-likeness (QED) is 0.446. The minimum Gasteiger partial charge on any atom is -0.316 e. The van der Waals surface area contributed by atoms with Crippen LogP contribution in [0.25, 0.3) is 16.7 Å². The minimum absolute atomic E-state index is 0.0864. The molecule has 0 radical (unpaired) electrons. The summed E-state index contributed by atoms with van der Waals surface area (Å²) in [7, 11) is 0. The molecule has 1 aromatic carbocycles. The highest BCUT2D eigenvalue weighted by Gasteiger charge is 2.19. The Morgan fingerprint density at radius 3 is 2.79 bits per heavy atom. The monoisotopic (exact) mass is 411 g/mol. The summed E-state index contributed by atoms with van der Waals surface area (Å²) in [4.78, 5) is 23.4. The Labute approximate surface area is 172 Å². The number of nitrogens with zero attached hydrogens (tertiary/aromatic N) is 5. The van der Waals surface area contributed by atoms with E-state index in [9.17, 15) is 9.18 Å². The first-order valence-corrected chi connectivity index (χ1v) is 10.7. The third kappa shape index (κ3) is 4.17. The molecule has 2 aromatic heterocycles. The predicted octanol–water partition coefficient (Wildman–Crippen LogP) is 4.35. The Morgan fingerprint density at radius 1 is 1.24 bits per heavy atom. The van der Waals surface area contributed by atoms with Crippen molar-refractivity contribution >= 4 is 28.7 Å². The van der Waals surface area contributed by atoms with Gasteiger partial charge < -0.3 is 4.90 Å². The lowest BCUT2D eigenvalue weighted by Gasteiger charge is -2.26. The Kier molecular flexibility index (Phi) is 5.89. The molecule has 0 N–H and O–H groups in total. The van der Waals surface area contributed by atoms with Crippen LogP contribution in [0.15, 0.2) is 53.6 Å². The molecule has 0 saturated carbocycles. The molecule has 8 heteroatoms. The number of rotatable bonds is 6. The molecule has 0 saturated heterocycles. The molecule has 3 aromatic rings. The van der Waals surface area contributed by atoms with E-state index in [1.807, 2.05) is 11.8 Å². The van der Waals surface area contributed by atoms with Gasteiger partial charge in [-0.2, -0.15) is 5.10 Å². The highest BCUT2D eigenvalue weighted by Crippen LogP contribution is 2.27. The maximum absolute atomic E-state index is 13.2. The molecule has 2 heterocycles. The average Bonchev–Trinajstić information content (AvgIpc) is 3.19. The van der Waals surface area contributed by atoms with Crippen LogP contribution in [0.1, 0.15) is 32.6 Å². The molecule has 0 bridgehead atoms. The van der Waals surface area contributed by atoms with Gasteiger partial charge in [0, 0.05) is 12.2 Å². The zero-order valence-corrected chi connectivity index (χ0v) is 17.0. The molecule has 0 aliphatic heterocycles. The van der Waals surface area contributed by atoms with Gasteiger partial charge in [-0.1, -0.05) is 17.8 Å². The van der Waals surface area contributed by atoms with Crippen molar-refractivity contribution in [1.29, 1.82) is 0 Å². The molecule has 1 aliphatic carbocycles. The average molecular weight is 412 g/mol. The van der Waals surface area contributed by atoms with Gasteiger partial charge in [0.2, 0.25) is 5.91 Å². The number of fused-ring (bicyclic) bond motifs is 1. The van der Waals surface area contributed by atoms with E-state index >= 15 is 0 Å². The summed E-state index contributed by atoms with van der Waals surface area (Å²) in [6.07, 6.45) is 9.68. The van der Waals surface area contributed by atoms with Crippen molar-refractivity contribution in [3.63, 3.8) is 0 Å². The first kappa shape index (κ1) is 19.6. The maximum Gasteiger partial charge on any atom is 0.237 e. The van der Waals surface area contributed by atoms with E-state index in [4.69, 9.17) is 0 Å². The molecule has 29 heavy (non-hydrogen) atoms. The summed E-state index contributed by atoms with van der Waals surface area (Å²) in [5, 5.41) is 5.87. The third-order valence-electron chi connectivity index (χ3n) is 4.96. The Morgan fingerprint density at radius 2 is 2.07 bits per heavy atom. The number of amides is 1. The van der Waals surface area contributed by atoms with E-state index < -0.39 is 0 Å². The van der Waals surface area contributed by atoms with Crippen LogP contribution in [0.3, 0.4) is 0 Å². The van der Waals surface area contributed by atoms with Gasteiger partial charge in [0.05, 0.1) is 23.0 Å². The number of carbonyl (C=O) groups is 1. The van der Waals surface area contributed by atoms with Gasteiger partial charge in [-0.25, -0.2) is 19.0 Å². The number of carbonyl (C=O) groups excluding carboxylic acids is 1. The van der Waals surface area contributed by atoms with E-state index in [-0.39, 0.29) is 11.7 Å². The second-order valence-corrected chi connectivity index (χ2v) is 7.78. The standard InChI is InChI=1S/C21H22FN5OS/c1-2-26(16-6-4-3-5-7-16)19(28)13-29-21-18-12-25-27(20(18)23-14-24-21)17-10-8-15(22)9-11-17/h6,8-12,14H,2-5,7,13H2,1H3. The first-order chi connectivity index (χ1) is 14.2. The van der Waals surface area contributed by atoms with Gasteiger partial charge in [0.1, 0.15) is 17.2 Å². The fourth-order valence-corrected chi connectivity index (χ4v) is 4.36. The SMILES string of the molecule is CCN(C(=O)CSc1ncnc2c1cnn2-c1ccc(F)cc1)C1=CCCCC1. The van der Waals surface area contributed by atoms with Gasteiger partial charge in [-0.15, -0.1) is 0 Å². The summed E-state index contributed by atoms with van der Waals surface area (Å²) in [5.41, 5.74) is 2.48. The highest BCUT2D eigenvalue weighted by atomic mass is 32.2. The van der Waals surface area contributed by atoms with E-state index in [1.165, 1.54) is 36.6 Å². The van der Waals surface area contributed by atoms with Crippen LogP contribution in [0, 0.1) is 5.82 Å². The summed E-state index contributed by atoms with van der Waals surface area (Å²) in [6, 6.07) is 6.07. The molecular formula is C21H22FN5OS. The summed E-state index contributed by atoms with van der Waals surface area (Å²) < 4.78 is 14.9. The van der Waals surface area contributed by atoms with Crippen molar-refractivity contribution < 1.29 is 9.18 Å². The summed E-state index contributed by atoms with van der Waals surface area (Å²) >= 11 is 1.39. The molecule has 4 rings (SSSR count). The molecule has 150 valence electrons. The van der Waals surface area contributed by atoms with E-state index in [0.717, 1.165) is 30.3 Å². The van der Waals surface area contributed by atoms with Crippen molar-refractivity contribution in [2.75, 3.05) is 12.3 Å². The number of hydrogen-bond acceptors (Lipinski definition) is 5. The predicted molar refractivity (Wildman–Crippen MR) is 111 cm³/mol. The zero-order valence-electron chi connectivity index (χ0n) is 16.2. The van der Waals surface area contributed by atoms with Crippen LogP contribution in [-0.4, -0.2) is 42.9 Å². The van der Waals surface area contributed by atoms with Crippen molar-refractivity contribution in [2.24, 2.45) is 0 Å². The molecule has 0 spiro atoms. The largest absolute Gasteiger partial charge is 0.316 e. The first-order valence-electron chi connectivity index (χ1n) is 9.74. The van der Waals surface area contributed by atoms with Crippen LogP contribution in [-0.2, 0) is 4.79 Å². The van der Waals surface area contributed by atoms with Crippen molar-refractivity contribution in [1.82, 2.24) is 24.6 Å². The fourth-order valence-electron chi connectivity index (χ4n) is 3.52. The number of benzene rings is 1. The third-order valence-corrected chi connectivity index (χ3v) is 5.95. The number of allylic oxidation sites excluding steroid dienone is 2. The maximum atomic E-state index is 13.2. The van der Waals surface area contributed by atoms with Gasteiger partial charge >= 0.3 is 0 Å². The van der Waals surface area contributed by atoms with E-state index in [0.29, 0.717) is 28.7 Å². The molecule has 1 aliphatic rings. The Hall–Kier alpha value is -2.74. The highest BCUT2D eigenvalue weighted by molar-refractivity contribution is 8.00. The Bertz CT molecular complexity index is 1050. The summed E-state index contributed by atoms with van der Waals surface area (Å²) in [6.45, 7) is 2.68. The van der Waals surface area contributed by atoms with Crippen LogP contribution in [0.2, 0.25) is 0 Å². The minimum atomic E-state index is -0.303. The van der Waals surface area contributed by atoms with Crippen LogP contribution >= 0.6 is 11.8 Å². The number of aromatic nitrogens is 4. The second-order valence-electron chi connectivity index (χ2n) is 6.82. The molecular weight excluding hydrogens is 389 g/mol. The topological polar surface area (TPSA) is 63.9 Å². The van der Waals surface area contributed by atoms with Gasteiger partial charge in [0.25, 0.3) is 0 Å². The molecule has 0 unspecified atom stereocenters. The molecule has 6 nitrogen and oxygen atoms in total. The van der Waals surface area contributed by atoms with Gasteiger partial charge in [-0.3, -0.25) is 4.79 Å². The lowest BCUT2D eigenvalue weighted by Crippen LogP contribution is -2.32. The summed E-state index contributed by atoms with van der Waals surface area (Å²) in [5.74, 6) is 0.0884. The van der Waals surface area contributed by atoms with E-state index in [1.54, 1.807) is 23.0 Å². The van der Waals surface area contributed by atoms with Crippen LogP contribution in [0.4, 0.5) is 4.39 Å². The van der Waals surface area contributed by atoms with E-state index in [2.05, 4.69) is 21.1 Å². The van der Waals surface area contributed by atoms with Gasteiger partial charge in [-0.05, 0) is 56.9 Å².